The Morgan fingerprint density at radius 2 is 1.79 bits per heavy atom. The van der Waals surface area contributed by atoms with E-state index in [1.54, 1.807) is 0 Å². The quantitative estimate of drug-likeness (QED) is 0.791. The first-order valence-corrected chi connectivity index (χ1v) is 10.9. The van der Waals surface area contributed by atoms with Gasteiger partial charge in [0.05, 0.1) is 15.6 Å². The number of nitrogens with one attached hydrogen (secondary N) is 1. The number of carbonyl (C=O) groups excluding carboxylic acids is 1. The summed E-state index contributed by atoms with van der Waals surface area (Å²) in [6.07, 6.45) is 0.986. The van der Waals surface area contributed by atoms with Crippen molar-refractivity contribution in [2.45, 2.75) is 25.2 Å². The van der Waals surface area contributed by atoms with Gasteiger partial charge in [0.2, 0.25) is 10.0 Å². The number of halogens is 2. The monoisotopic (exact) mass is 424 g/mol. The van der Waals surface area contributed by atoms with Crippen LogP contribution in [0.1, 0.15) is 30.6 Å². The molecule has 0 saturated carbocycles. The molecular weight excluding hydrogens is 403 g/mol. The van der Waals surface area contributed by atoms with Crippen LogP contribution in [-0.4, -0.2) is 31.7 Å². The minimum Gasteiger partial charge on any atom is -0.319 e. The Balaban J connectivity index is 1.85. The fourth-order valence-corrected chi connectivity index (χ4v) is 5.44. The third-order valence-corrected chi connectivity index (χ3v) is 6.89. The molecule has 1 saturated heterocycles. The second-order valence-corrected chi connectivity index (χ2v) is 9.70. The lowest BCUT2D eigenvalue weighted by molar-refractivity contribution is 0.102. The van der Waals surface area contributed by atoms with E-state index in [0.717, 1.165) is 6.42 Å². The highest BCUT2D eigenvalue weighted by molar-refractivity contribution is 7.89. The summed E-state index contributed by atoms with van der Waals surface area (Å²) >= 11 is 5.73. The molecular formula is C20H22ClFN2O3S. The number of rotatable bonds is 4. The van der Waals surface area contributed by atoms with E-state index in [9.17, 15) is 17.6 Å². The van der Waals surface area contributed by atoms with Gasteiger partial charge in [-0.1, -0.05) is 37.6 Å². The molecule has 5 nitrogen and oxygen atoms in total. The van der Waals surface area contributed by atoms with Gasteiger partial charge in [-0.3, -0.25) is 4.79 Å². The van der Waals surface area contributed by atoms with Crippen LogP contribution >= 0.6 is 11.6 Å². The maximum atomic E-state index is 14.0. The van der Waals surface area contributed by atoms with Gasteiger partial charge in [0.1, 0.15) is 0 Å². The molecule has 2 atom stereocenters. The van der Waals surface area contributed by atoms with E-state index < -0.39 is 21.7 Å². The van der Waals surface area contributed by atoms with Crippen molar-refractivity contribution in [2.24, 2.45) is 11.8 Å². The molecule has 1 N–H and O–H groups in total. The number of sulfonamides is 1. The number of carbonyl (C=O) groups is 1. The molecule has 1 fully saturated rings. The summed E-state index contributed by atoms with van der Waals surface area (Å²) in [5.41, 5.74) is 0.0583. The lowest BCUT2D eigenvalue weighted by Crippen LogP contribution is -2.42. The van der Waals surface area contributed by atoms with Gasteiger partial charge < -0.3 is 5.32 Å². The Hall–Kier alpha value is -1.96. The van der Waals surface area contributed by atoms with Crippen molar-refractivity contribution in [3.8, 4) is 0 Å². The highest BCUT2D eigenvalue weighted by Gasteiger charge is 2.32. The summed E-state index contributed by atoms with van der Waals surface area (Å²) in [7, 11) is -3.71. The molecule has 0 spiro atoms. The maximum absolute atomic E-state index is 14.0. The predicted molar refractivity (Wildman–Crippen MR) is 108 cm³/mol. The van der Waals surface area contributed by atoms with Crippen LogP contribution in [0.5, 0.6) is 0 Å². The summed E-state index contributed by atoms with van der Waals surface area (Å²) in [4.78, 5) is 12.6. The fourth-order valence-electron chi connectivity index (χ4n) is 3.54. The second kappa shape index (κ2) is 8.19. The van der Waals surface area contributed by atoms with Gasteiger partial charge in [-0.25, -0.2) is 12.8 Å². The van der Waals surface area contributed by atoms with E-state index in [1.807, 2.05) is 13.8 Å². The first-order chi connectivity index (χ1) is 13.2. The van der Waals surface area contributed by atoms with Crippen molar-refractivity contribution in [1.29, 1.82) is 0 Å². The van der Waals surface area contributed by atoms with Crippen molar-refractivity contribution in [3.63, 3.8) is 0 Å². The van der Waals surface area contributed by atoms with Crippen molar-refractivity contribution in [3.05, 3.63) is 58.9 Å². The van der Waals surface area contributed by atoms with E-state index in [1.165, 1.54) is 46.8 Å². The van der Waals surface area contributed by atoms with E-state index in [2.05, 4.69) is 5.32 Å². The average molecular weight is 425 g/mol. The van der Waals surface area contributed by atoms with E-state index >= 15 is 0 Å². The summed E-state index contributed by atoms with van der Waals surface area (Å²) < 4.78 is 41.5. The summed E-state index contributed by atoms with van der Waals surface area (Å²) in [5.74, 6) is -0.803. The Bertz CT molecular complexity index is 987. The summed E-state index contributed by atoms with van der Waals surface area (Å²) in [5, 5.41) is 2.32. The van der Waals surface area contributed by atoms with Crippen LogP contribution in [0.2, 0.25) is 5.02 Å². The maximum Gasteiger partial charge on any atom is 0.255 e. The SMILES string of the molecule is CC1CC(C)CN(S(=O)(=O)c2cccc(C(=O)Nc3cccc(Cl)c3F)c2)C1. The van der Waals surface area contributed by atoms with Crippen LogP contribution in [0.15, 0.2) is 47.4 Å². The second-order valence-electron chi connectivity index (χ2n) is 7.35. The largest absolute Gasteiger partial charge is 0.319 e. The van der Waals surface area contributed by atoms with E-state index in [0.29, 0.717) is 13.1 Å². The number of benzene rings is 2. The van der Waals surface area contributed by atoms with Gasteiger partial charge in [0.25, 0.3) is 5.91 Å². The highest BCUT2D eigenvalue weighted by Crippen LogP contribution is 2.27. The Labute approximate surface area is 169 Å². The molecule has 2 aromatic carbocycles. The molecule has 1 amide bonds. The minimum absolute atomic E-state index is 0.0491. The number of nitrogens with zero attached hydrogens (tertiary/aromatic N) is 1. The molecule has 0 radical (unpaired) electrons. The molecule has 0 aromatic heterocycles. The minimum atomic E-state index is -3.71. The van der Waals surface area contributed by atoms with Gasteiger partial charge in [-0.15, -0.1) is 0 Å². The standard InChI is InChI=1S/C20H22ClFN2O3S/c1-13-9-14(2)12-24(11-13)28(26,27)16-6-3-5-15(10-16)20(25)23-18-8-4-7-17(21)19(18)22/h3-8,10,13-14H,9,11-12H2,1-2H3,(H,23,25). The molecule has 2 unspecified atom stereocenters. The zero-order valence-electron chi connectivity index (χ0n) is 15.7. The van der Waals surface area contributed by atoms with E-state index in [4.69, 9.17) is 11.6 Å². The fraction of sp³-hybridized carbons (Fsp3) is 0.350. The van der Waals surface area contributed by atoms with Crippen molar-refractivity contribution >= 4 is 33.2 Å². The third kappa shape index (κ3) is 4.37. The zero-order chi connectivity index (χ0) is 20.5. The average Bonchev–Trinajstić information content (AvgIpc) is 2.64. The summed E-state index contributed by atoms with van der Waals surface area (Å²) in [6, 6.07) is 10.1. The molecule has 8 heteroatoms. The molecule has 150 valence electrons. The highest BCUT2D eigenvalue weighted by atomic mass is 35.5. The van der Waals surface area contributed by atoms with Crippen LogP contribution in [0.4, 0.5) is 10.1 Å². The number of anilines is 1. The van der Waals surface area contributed by atoms with Gasteiger partial charge in [-0.05, 0) is 48.6 Å². The molecule has 1 heterocycles. The van der Waals surface area contributed by atoms with Crippen molar-refractivity contribution in [1.82, 2.24) is 4.31 Å². The predicted octanol–water partition coefficient (Wildman–Crippen LogP) is 4.40. The Morgan fingerprint density at radius 3 is 2.46 bits per heavy atom. The van der Waals surface area contributed by atoms with Gasteiger partial charge >= 0.3 is 0 Å². The molecule has 0 bridgehead atoms. The smallest absolute Gasteiger partial charge is 0.255 e. The Morgan fingerprint density at radius 1 is 1.14 bits per heavy atom. The number of hydrogen-bond donors (Lipinski definition) is 1. The van der Waals surface area contributed by atoms with Crippen LogP contribution in [0, 0.1) is 17.7 Å². The van der Waals surface area contributed by atoms with Gasteiger partial charge in [0.15, 0.2) is 5.82 Å². The molecule has 28 heavy (non-hydrogen) atoms. The number of amides is 1. The van der Waals surface area contributed by atoms with Crippen LogP contribution in [0.25, 0.3) is 0 Å². The Kier molecular flexibility index (Phi) is 6.07. The molecule has 3 rings (SSSR count). The lowest BCUT2D eigenvalue weighted by Gasteiger charge is -2.34. The molecule has 2 aromatic rings. The lowest BCUT2D eigenvalue weighted by atomic mass is 9.94. The van der Waals surface area contributed by atoms with Crippen LogP contribution < -0.4 is 5.32 Å². The van der Waals surface area contributed by atoms with Crippen molar-refractivity contribution in [2.75, 3.05) is 18.4 Å². The molecule has 0 aliphatic carbocycles. The van der Waals surface area contributed by atoms with Gasteiger partial charge in [-0.2, -0.15) is 4.31 Å². The number of hydrogen-bond acceptors (Lipinski definition) is 3. The normalized spacial score (nSPS) is 20.7. The first kappa shape index (κ1) is 20.8. The summed E-state index contributed by atoms with van der Waals surface area (Å²) in [6.45, 7) is 4.97. The molecule has 1 aliphatic rings. The topological polar surface area (TPSA) is 66.5 Å². The number of piperidine rings is 1. The van der Waals surface area contributed by atoms with Crippen LogP contribution in [0.3, 0.4) is 0 Å². The third-order valence-electron chi connectivity index (χ3n) is 4.77. The van der Waals surface area contributed by atoms with Crippen molar-refractivity contribution < 1.29 is 17.6 Å². The molecule has 1 aliphatic heterocycles. The zero-order valence-corrected chi connectivity index (χ0v) is 17.2. The van der Waals surface area contributed by atoms with E-state index in [-0.39, 0.29) is 33.0 Å². The van der Waals surface area contributed by atoms with Crippen LogP contribution in [-0.2, 0) is 10.0 Å². The first-order valence-electron chi connectivity index (χ1n) is 9.04. The van der Waals surface area contributed by atoms with Gasteiger partial charge in [0, 0.05) is 18.7 Å².